The molecular weight excluding hydrogens is 461 g/mol. The number of carbonyl (C=O) groups is 2. The topological polar surface area (TPSA) is 71.0 Å². The van der Waals surface area contributed by atoms with Crippen LogP contribution in [-0.4, -0.2) is 33.7 Å². The number of nitrogens with one attached hydrogen (secondary N) is 1. The highest BCUT2D eigenvalue weighted by Crippen LogP contribution is 2.33. The molecule has 4 rings (SSSR count). The monoisotopic (exact) mass is 483 g/mol. The van der Waals surface area contributed by atoms with E-state index in [4.69, 9.17) is 4.74 Å². The van der Waals surface area contributed by atoms with Gasteiger partial charge in [0.25, 0.3) is 0 Å². The first-order valence-electron chi connectivity index (χ1n) is 10.4. The summed E-state index contributed by atoms with van der Waals surface area (Å²) in [6, 6.07) is 16.7. The Morgan fingerprint density at radius 3 is 2.58 bits per heavy atom. The number of benzene rings is 2. The first-order chi connectivity index (χ1) is 16.0. The molecule has 1 N–H and O–H groups in total. The van der Waals surface area contributed by atoms with Crippen LogP contribution in [0.2, 0.25) is 0 Å². The van der Waals surface area contributed by atoms with E-state index >= 15 is 0 Å². The fourth-order valence-corrected chi connectivity index (χ4v) is 5.09. The van der Waals surface area contributed by atoms with Gasteiger partial charge in [0, 0.05) is 17.0 Å². The highest BCUT2D eigenvalue weighted by molar-refractivity contribution is 8.15. The Morgan fingerprint density at radius 1 is 1.15 bits per heavy atom. The normalized spacial score (nSPS) is 16.9. The van der Waals surface area contributed by atoms with Crippen molar-refractivity contribution < 1.29 is 18.7 Å². The van der Waals surface area contributed by atoms with Crippen molar-refractivity contribution in [2.24, 2.45) is 4.99 Å². The third-order valence-corrected chi connectivity index (χ3v) is 6.82. The number of amides is 2. The summed E-state index contributed by atoms with van der Waals surface area (Å²) in [7, 11) is 0. The summed E-state index contributed by atoms with van der Waals surface area (Å²) >= 11 is 2.80. The summed E-state index contributed by atoms with van der Waals surface area (Å²) in [6.45, 7) is 2.85. The number of hydrogen-bond acceptors (Lipinski definition) is 6. The van der Waals surface area contributed by atoms with Crippen molar-refractivity contribution in [3.63, 3.8) is 0 Å². The molecule has 0 unspecified atom stereocenters. The molecule has 2 aromatic carbocycles. The molecule has 2 heterocycles. The zero-order valence-corrected chi connectivity index (χ0v) is 19.5. The molecule has 3 aromatic rings. The number of amidine groups is 1. The molecule has 1 atom stereocenters. The number of thiophene rings is 1. The lowest BCUT2D eigenvalue weighted by Crippen LogP contribution is -2.32. The van der Waals surface area contributed by atoms with Crippen molar-refractivity contribution >= 4 is 51.5 Å². The van der Waals surface area contributed by atoms with E-state index in [2.05, 4.69) is 10.3 Å². The minimum atomic E-state index is -0.591. The zero-order valence-electron chi connectivity index (χ0n) is 17.9. The molecule has 33 heavy (non-hydrogen) atoms. The van der Waals surface area contributed by atoms with Gasteiger partial charge in [0.05, 0.1) is 18.8 Å². The van der Waals surface area contributed by atoms with Crippen LogP contribution in [0, 0.1) is 5.82 Å². The zero-order chi connectivity index (χ0) is 23.2. The highest BCUT2D eigenvalue weighted by Gasteiger charge is 2.39. The van der Waals surface area contributed by atoms with Crippen LogP contribution in [0.25, 0.3) is 0 Å². The van der Waals surface area contributed by atoms with E-state index in [1.165, 1.54) is 23.9 Å². The molecule has 0 radical (unpaired) electrons. The van der Waals surface area contributed by atoms with Crippen molar-refractivity contribution in [3.8, 4) is 5.75 Å². The van der Waals surface area contributed by atoms with E-state index in [1.807, 2.05) is 24.4 Å². The Balaban J connectivity index is 1.47. The fourth-order valence-electron chi connectivity index (χ4n) is 3.24. The van der Waals surface area contributed by atoms with E-state index in [0.717, 1.165) is 10.6 Å². The first kappa shape index (κ1) is 23.0. The maximum Gasteiger partial charge on any atom is 0.243 e. The highest BCUT2D eigenvalue weighted by atomic mass is 32.2. The van der Waals surface area contributed by atoms with Gasteiger partial charge in [-0.15, -0.1) is 11.3 Å². The van der Waals surface area contributed by atoms with Crippen LogP contribution in [0.15, 0.2) is 71.0 Å². The number of halogens is 1. The van der Waals surface area contributed by atoms with E-state index in [9.17, 15) is 14.0 Å². The Kier molecular flexibility index (Phi) is 7.41. The van der Waals surface area contributed by atoms with Gasteiger partial charge in [0.15, 0.2) is 5.17 Å². The number of hydrogen-bond donors (Lipinski definition) is 1. The maximum atomic E-state index is 13.3. The number of rotatable bonds is 8. The predicted octanol–water partition coefficient (Wildman–Crippen LogP) is 5.45. The third-order valence-electron chi connectivity index (χ3n) is 4.79. The van der Waals surface area contributed by atoms with Crippen molar-refractivity contribution in [2.75, 3.05) is 11.9 Å². The number of carbonyl (C=O) groups excluding carboxylic acids is 2. The molecule has 1 aromatic heterocycles. The minimum Gasteiger partial charge on any atom is -0.494 e. The largest absolute Gasteiger partial charge is 0.494 e. The third kappa shape index (κ3) is 6.00. The molecule has 0 bridgehead atoms. The van der Waals surface area contributed by atoms with Crippen LogP contribution >= 0.6 is 23.1 Å². The van der Waals surface area contributed by atoms with Crippen LogP contribution in [-0.2, 0) is 16.1 Å². The number of ether oxygens (including phenoxy) is 1. The summed E-state index contributed by atoms with van der Waals surface area (Å²) in [5.41, 5.74) is 1.18. The van der Waals surface area contributed by atoms with Gasteiger partial charge in [-0.1, -0.05) is 17.8 Å². The summed E-state index contributed by atoms with van der Waals surface area (Å²) in [6.07, 6.45) is 0.0140. The van der Waals surface area contributed by atoms with Crippen molar-refractivity contribution in [1.82, 2.24) is 4.90 Å². The Hall–Kier alpha value is -3.17. The molecule has 1 fully saturated rings. The molecule has 1 saturated heterocycles. The summed E-state index contributed by atoms with van der Waals surface area (Å²) in [4.78, 5) is 33.0. The van der Waals surface area contributed by atoms with Gasteiger partial charge in [-0.3, -0.25) is 14.5 Å². The molecule has 6 nitrogen and oxygen atoms in total. The molecule has 0 spiro atoms. The molecule has 1 aliphatic rings. The molecule has 2 amide bonds. The second-order valence-electron chi connectivity index (χ2n) is 7.19. The van der Waals surface area contributed by atoms with Crippen LogP contribution in [0.3, 0.4) is 0 Å². The lowest BCUT2D eigenvalue weighted by Gasteiger charge is -2.15. The molecular formula is C24H22FN3O3S2. The predicted molar refractivity (Wildman–Crippen MR) is 131 cm³/mol. The van der Waals surface area contributed by atoms with E-state index in [0.29, 0.717) is 29.7 Å². The lowest BCUT2D eigenvalue weighted by molar-refractivity contribution is -0.128. The fraction of sp³-hybridized carbons (Fsp3) is 0.208. The average Bonchev–Trinajstić information content (AvgIpc) is 3.41. The van der Waals surface area contributed by atoms with Gasteiger partial charge in [0.2, 0.25) is 11.8 Å². The quantitative estimate of drug-likeness (QED) is 0.463. The second kappa shape index (κ2) is 10.6. The number of nitrogens with zero attached hydrogens (tertiary/aromatic N) is 2. The van der Waals surface area contributed by atoms with Crippen LogP contribution in [0.1, 0.15) is 18.2 Å². The van der Waals surface area contributed by atoms with Crippen LogP contribution < -0.4 is 10.1 Å². The lowest BCUT2D eigenvalue weighted by atomic mass is 10.2. The maximum absolute atomic E-state index is 13.3. The number of thioether (sulfide) groups is 1. The first-order valence-corrected chi connectivity index (χ1v) is 12.1. The standard InChI is InChI=1S/C24H22FN3O3S2/c1-2-31-19-11-9-17(10-12-19)26-22(29)14-21-23(30)28(15-20-4-3-13-32-20)24(33-21)27-18-7-5-16(25)6-8-18/h3-13,21H,2,14-15H2,1H3,(H,26,29)/t21-/m0/s1. The van der Waals surface area contributed by atoms with Gasteiger partial charge < -0.3 is 10.1 Å². The van der Waals surface area contributed by atoms with E-state index in [-0.39, 0.29) is 24.1 Å². The van der Waals surface area contributed by atoms with Gasteiger partial charge in [0.1, 0.15) is 16.8 Å². The van der Waals surface area contributed by atoms with Gasteiger partial charge in [-0.25, -0.2) is 9.38 Å². The molecule has 170 valence electrons. The van der Waals surface area contributed by atoms with Crippen molar-refractivity contribution in [2.45, 2.75) is 25.1 Å². The van der Waals surface area contributed by atoms with Crippen LogP contribution in [0.5, 0.6) is 5.75 Å². The van der Waals surface area contributed by atoms with E-state index in [1.54, 1.807) is 52.6 Å². The van der Waals surface area contributed by atoms with Gasteiger partial charge in [-0.2, -0.15) is 0 Å². The average molecular weight is 484 g/mol. The van der Waals surface area contributed by atoms with Gasteiger partial charge >= 0.3 is 0 Å². The van der Waals surface area contributed by atoms with Crippen molar-refractivity contribution in [3.05, 3.63) is 76.7 Å². The van der Waals surface area contributed by atoms with Crippen molar-refractivity contribution in [1.29, 1.82) is 0 Å². The minimum absolute atomic E-state index is 0.0140. The Labute approximate surface area is 199 Å². The summed E-state index contributed by atoms with van der Waals surface area (Å²) < 4.78 is 18.7. The molecule has 1 aliphatic heterocycles. The Morgan fingerprint density at radius 2 is 1.91 bits per heavy atom. The van der Waals surface area contributed by atoms with E-state index < -0.39 is 5.25 Å². The summed E-state index contributed by atoms with van der Waals surface area (Å²) in [5.74, 6) is -0.0588. The summed E-state index contributed by atoms with van der Waals surface area (Å²) in [5, 5.41) is 4.69. The Bertz CT molecular complexity index is 1130. The smallest absolute Gasteiger partial charge is 0.243 e. The number of aliphatic imine (C=N–C) groups is 1. The number of anilines is 1. The molecule has 0 saturated carbocycles. The van der Waals surface area contributed by atoms with Gasteiger partial charge in [-0.05, 0) is 66.9 Å². The second-order valence-corrected chi connectivity index (χ2v) is 9.39. The SMILES string of the molecule is CCOc1ccc(NC(=O)C[C@@H]2SC(=Nc3ccc(F)cc3)N(Cc3cccs3)C2=O)cc1. The molecule has 0 aliphatic carbocycles. The molecule has 9 heteroatoms. The van der Waals surface area contributed by atoms with Crippen LogP contribution in [0.4, 0.5) is 15.8 Å².